The highest BCUT2D eigenvalue weighted by Gasteiger charge is 2.34. The summed E-state index contributed by atoms with van der Waals surface area (Å²) in [6, 6.07) is 1.99. The number of aryl methyl sites for hydroxylation is 3. The summed E-state index contributed by atoms with van der Waals surface area (Å²) < 4.78 is 56.9. The zero-order valence-corrected chi connectivity index (χ0v) is 19.1. The highest BCUT2D eigenvalue weighted by molar-refractivity contribution is 7.89. The van der Waals surface area contributed by atoms with Crippen LogP contribution in [-0.2, 0) is 27.1 Å². The fraction of sp³-hybridized carbons (Fsp3) is 0.526. The van der Waals surface area contributed by atoms with E-state index in [1.807, 2.05) is 33.8 Å². The Labute approximate surface area is 173 Å². The van der Waals surface area contributed by atoms with Gasteiger partial charge in [0, 0.05) is 39.4 Å². The number of hydrogen-bond donors (Lipinski definition) is 0. The van der Waals surface area contributed by atoms with Gasteiger partial charge in [0.25, 0.3) is 0 Å². The van der Waals surface area contributed by atoms with E-state index in [2.05, 4.69) is 5.10 Å². The lowest BCUT2D eigenvalue weighted by molar-refractivity contribution is 0.404. The Bertz CT molecular complexity index is 1110. The first kappa shape index (κ1) is 21.9. The van der Waals surface area contributed by atoms with Crippen molar-refractivity contribution < 1.29 is 16.8 Å². The maximum absolute atomic E-state index is 13.5. The second-order valence-corrected chi connectivity index (χ2v) is 11.4. The molecule has 160 valence electrons. The first-order valence-electron chi connectivity index (χ1n) is 9.52. The maximum Gasteiger partial charge on any atom is 0.246 e. The summed E-state index contributed by atoms with van der Waals surface area (Å²) in [7, 11) is -5.77. The van der Waals surface area contributed by atoms with Crippen LogP contribution in [-0.4, -0.2) is 61.4 Å². The van der Waals surface area contributed by atoms with E-state index in [0.29, 0.717) is 11.3 Å². The summed E-state index contributed by atoms with van der Waals surface area (Å²) in [4.78, 5) is 0.468. The van der Waals surface area contributed by atoms with Gasteiger partial charge in [-0.15, -0.1) is 0 Å². The normalized spacial score (nSPS) is 17.4. The number of hydrogen-bond acceptors (Lipinski definition) is 5. The van der Waals surface area contributed by atoms with Crippen LogP contribution in [0.1, 0.15) is 28.7 Å². The average Bonchev–Trinajstić information content (AvgIpc) is 2.92. The molecule has 0 aliphatic carbocycles. The molecule has 0 atom stereocenters. The predicted octanol–water partition coefficient (Wildman–Crippen LogP) is 1.74. The SMILES string of the molecule is Cc1cc(C)c(C)c(S(=O)(=O)N2CCCN(S(=O)(=O)c3cnn(C)c3)CC2)c1C. The van der Waals surface area contributed by atoms with E-state index in [1.54, 1.807) is 7.05 Å². The molecule has 1 aliphatic rings. The number of benzene rings is 1. The van der Waals surface area contributed by atoms with E-state index in [4.69, 9.17) is 0 Å². The van der Waals surface area contributed by atoms with Crippen molar-refractivity contribution in [1.29, 1.82) is 0 Å². The molecule has 0 bridgehead atoms. The highest BCUT2D eigenvalue weighted by Crippen LogP contribution is 2.29. The van der Waals surface area contributed by atoms with Crippen molar-refractivity contribution in [2.75, 3.05) is 26.2 Å². The van der Waals surface area contributed by atoms with Crippen LogP contribution in [0.5, 0.6) is 0 Å². The molecule has 0 N–H and O–H groups in total. The fourth-order valence-corrected chi connectivity index (χ4v) is 7.23. The molecule has 1 aliphatic heterocycles. The summed E-state index contributed by atoms with van der Waals surface area (Å²) in [5, 5.41) is 3.94. The molecule has 2 aromatic rings. The van der Waals surface area contributed by atoms with Gasteiger partial charge < -0.3 is 0 Å². The highest BCUT2D eigenvalue weighted by atomic mass is 32.2. The molecule has 8 nitrogen and oxygen atoms in total. The molecule has 1 aromatic heterocycles. The lowest BCUT2D eigenvalue weighted by atomic mass is 10.0. The third-order valence-corrected chi connectivity index (χ3v) is 9.65. The summed E-state index contributed by atoms with van der Waals surface area (Å²) in [6.45, 7) is 8.25. The van der Waals surface area contributed by atoms with Gasteiger partial charge >= 0.3 is 0 Å². The van der Waals surface area contributed by atoms with Gasteiger partial charge in [0.15, 0.2) is 0 Å². The Kier molecular flexibility index (Phi) is 5.92. The predicted molar refractivity (Wildman–Crippen MR) is 111 cm³/mol. The van der Waals surface area contributed by atoms with Crippen molar-refractivity contribution in [2.24, 2.45) is 7.05 Å². The van der Waals surface area contributed by atoms with Gasteiger partial charge in [0.1, 0.15) is 4.90 Å². The maximum atomic E-state index is 13.5. The summed E-state index contributed by atoms with van der Waals surface area (Å²) in [5.41, 5.74) is 3.36. The lowest BCUT2D eigenvalue weighted by Crippen LogP contribution is -2.37. The minimum Gasteiger partial charge on any atom is -0.274 e. The van der Waals surface area contributed by atoms with E-state index in [-0.39, 0.29) is 31.1 Å². The van der Waals surface area contributed by atoms with Gasteiger partial charge in [-0.2, -0.15) is 13.7 Å². The average molecular weight is 441 g/mol. The molecule has 1 aromatic carbocycles. The topological polar surface area (TPSA) is 92.6 Å². The Balaban J connectivity index is 1.90. The summed E-state index contributed by atoms with van der Waals surface area (Å²) in [6.07, 6.45) is 3.20. The Hall–Kier alpha value is -1.75. The molecular formula is C19H28N4O4S2. The minimum atomic E-state index is -3.73. The van der Waals surface area contributed by atoms with E-state index >= 15 is 0 Å². The van der Waals surface area contributed by atoms with Crippen LogP contribution in [0, 0.1) is 27.7 Å². The molecule has 1 saturated heterocycles. The number of sulfonamides is 2. The van der Waals surface area contributed by atoms with Crippen LogP contribution in [0.15, 0.2) is 28.3 Å². The van der Waals surface area contributed by atoms with Gasteiger partial charge in [-0.1, -0.05) is 6.07 Å². The smallest absolute Gasteiger partial charge is 0.246 e. The Morgan fingerprint density at radius 1 is 0.828 bits per heavy atom. The van der Waals surface area contributed by atoms with E-state index < -0.39 is 20.0 Å². The summed E-state index contributed by atoms with van der Waals surface area (Å²) in [5.74, 6) is 0. The van der Waals surface area contributed by atoms with Crippen LogP contribution >= 0.6 is 0 Å². The van der Waals surface area contributed by atoms with Gasteiger partial charge in [-0.05, 0) is 56.4 Å². The van der Waals surface area contributed by atoms with Gasteiger partial charge in [0.2, 0.25) is 20.0 Å². The molecule has 0 spiro atoms. The number of rotatable bonds is 4. The lowest BCUT2D eigenvalue weighted by Gasteiger charge is -2.24. The first-order valence-corrected chi connectivity index (χ1v) is 12.4. The molecule has 0 unspecified atom stereocenters. The van der Waals surface area contributed by atoms with Crippen LogP contribution in [0.25, 0.3) is 0 Å². The third-order valence-electron chi connectivity index (χ3n) is 5.63. The van der Waals surface area contributed by atoms with Crippen LogP contribution < -0.4 is 0 Å². The molecule has 3 rings (SSSR count). The minimum absolute atomic E-state index is 0.110. The Morgan fingerprint density at radius 3 is 1.83 bits per heavy atom. The monoisotopic (exact) mass is 440 g/mol. The van der Waals surface area contributed by atoms with Crippen molar-refractivity contribution in [3.8, 4) is 0 Å². The van der Waals surface area contributed by atoms with Gasteiger partial charge in [-0.3, -0.25) is 4.68 Å². The van der Waals surface area contributed by atoms with Gasteiger partial charge in [0.05, 0.1) is 11.1 Å². The quantitative estimate of drug-likeness (QED) is 0.722. The standard InChI is InChI=1S/C19H28N4O4S2/c1-14-11-15(2)17(4)19(16(14)3)29(26,27)23-8-6-7-22(9-10-23)28(24,25)18-12-20-21(5)13-18/h11-13H,6-10H2,1-5H3. The fourth-order valence-electron chi connectivity index (χ4n) is 3.73. The first-order chi connectivity index (χ1) is 13.5. The van der Waals surface area contributed by atoms with Crippen LogP contribution in [0.3, 0.4) is 0 Å². The molecule has 2 heterocycles. The van der Waals surface area contributed by atoms with E-state index in [1.165, 1.54) is 25.7 Å². The van der Waals surface area contributed by atoms with Crippen molar-refractivity contribution >= 4 is 20.0 Å². The van der Waals surface area contributed by atoms with E-state index in [0.717, 1.165) is 22.3 Å². The molecule has 0 radical (unpaired) electrons. The summed E-state index contributed by atoms with van der Waals surface area (Å²) >= 11 is 0. The number of nitrogens with zero attached hydrogens (tertiary/aromatic N) is 4. The zero-order valence-electron chi connectivity index (χ0n) is 17.5. The van der Waals surface area contributed by atoms with Crippen LogP contribution in [0.4, 0.5) is 0 Å². The zero-order chi connectivity index (χ0) is 21.6. The van der Waals surface area contributed by atoms with Crippen molar-refractivity contribution in [1.82, 2.24) is 18.4 Å². The molecule has 0 amide bonds. The molecular weight excluding hydrogens is 412 g/mol. The molecule has 1 fully saturated rings. The van der Waals surface area contributed by atoms with Crippen molar-refractivity contribution in [3.63, 3.8) is 0 Å². The molecule has 0 saturated carbocycles. The largest absolute Gasteiger partial charge is 0.274 e. The Morgan fingerprint density at radius 2 is 1.34 bits per heavy atom. The molecule has 29 heavy (non-hydrogen) atoms. The van der Waals surface area contributed by atoms with Crippen LogP contribution in [0.2, 0.25) is 0 Å². The van der Waals surface area contributed by atoms with Gasteiger partial charge in [-0.25, -0.2) is 16.8 Å². The number of aromatic nitrogens is 2. The van der Waals surface area contributed by atoms with Crippen molar-refractivity contribution in [3.05, 3.63) is 40.7 Å². The second-order valence-electron chi connectivity index (χ2n) is 7.60. The second kappa shape index (κ2) is 7.82. The van der Waals surface area contributed by atoms with Crippen molar-refractivity contribution in [2.45, 2.75) is 43.9 Å². The third kappa shape index (κ3) is 3.98. The molecule has 10 heteroatoms. The van der Waals surface area contributed by atoms with E-state index in [9.17, 15) is 16.8 Å².